The van der Waals surface area contributed by atoms with E-state index in [2.05, 4.69) is 13.8 Å². The third-order valence-electron chi connectivity index (χ3n) is 2.13. The number of ether oxygens (including phenoxy) is 3. The normalized spacial score (nSPS) is 10.1. The zero-order valence-electron chi connectivity index (χ0n) is 12.6. The second-order valence-electron chi connectivity index (χ2n) is 3.99. The van der Waals surface area contributed by atoms with Crippen molar-refractivity contribution in [2.75, 3.05) is 52.9 Å². The van der Waals surface area contributed by atoms with E-state index in [0.29, 0.717) is 26.4 Å². The number of rotatable bonds is 13. The highest BCUT2D eigenvalue weighted by atomic mass is 16.5. The zero-order chi connectivity index (χ0) is 14.6. The highest BCUT2D eigenvalue weighted by molar-refractivity contribution is 4.33. The number of unbranched alkanes of at least 4 members (excludes halogenated alkanes) is 2. The molecule has 0 aliphatic rings. The van der Waals surface area contributed by atoms with Crippen LogP contribution in [0.15, 0.2) is 0 Å². The molecule has 0 aliphatic carbocycles. The van der Waals surface area contributed by atoms with Crippen molar-refractivity contribution >= 4 is 0 Å². The minimum atomic E-state index is 0.0922. The van der Waals surface area contributed by atoms with E-state index in [1.807, 2.05) is 0 Å². The molecule has 2 N–H and O–H groups in total. The van der Waals surface area contributed by atoms with Crippen molar-refractivity contribution in [1.29, 1.82) is 0 Å². The van der Waals surface area contributed by atoms with Crippen LogP contribution in [0.2, 0.25) is 0 Å². The Morgan fingerprint density at radius 2 is 0.947 bits per heavy atom. The highest BCUT2D eigenvalue weighted by Crippen LogP contribution is 1.87. The van der Waals surface area contributed by atoms with Crippen LogP contribution >= 0.6 is 0 Å². The lowest BCUT2D eigenvalue weighted by atomic mass is 10.4. The lowest BCUT2D eigenvalue weighted by Crippen LogP contribution is -2.07. The Balaban J connectivity index is 0. The van der Waals surface area contributed by atoms with Crippen LogP contribution in [-0.2, 0) is 14.2 Å². The van der Waals surface area contributed by atoms with Crippen molar-refractivity contribution in [1.82, 2.24) is 0 Å². The maximum absolute atomic E-state index is 8.34. The molecule has 0 fully saturated rings. The van der Waals surface area contributed by atoms with Crippen LogP contribution in [0, 0.1) is 0 Å². The van der Waals surface area contributed by atoms with Gasteiger partial charge in [0.1, 0.15) is 0 Å². The molecule has 5 heteroatoms. The first-order valence-electron chi connectivity index (χ1n) is 7.28. The molecule has 0 saturated heterocycles. The van der Waals surface area contributed by atoms with Gasteiger partial charge in [-0.3, -0.25) is 0 Å². The van der Waals surface area contributed by atoms with E-state index in [1.54, 1.807) is 0 Å². The van der Waals surface area contributed by atoms with Gasteiger partial charge in [0.05, 0.1) is 39.6 Å². The van der Waals surface area contributed by atoms with E-state index >= 15 is 0 Å². The van der Waals surface area contributed by atoms with Crippen LogP contribution in [0.4, 0.5) is 0 Å². The summed E-state index contributed by atoms with van der Waals surface area (Å²) in [5.41, 5.74) is 0. The van der Waals surface area contributed by atoms with Gasteiger partial charge in [-0.2, -0.15) is 0 Å². The molecule has 0 radical (unpaired) electrons. The predicted octanol–water partition coefficient (Wildman–Crippen LogP) is 1.61. The van der Waals surface area contributed by atoms with Gasteiger partial charge in [-0.1, -0.05) is 26.7 Å². The average molecular weight is 280 g/mol. The van der Waals surface area contributed by atoms with Crippen LogP contribution < -0.4 is 0 Å². The maximum Gasteiger partial charge on any atom is 0.0701 e. The van der Waals surface area contributed by atoms with Crippen LogP contribution in [-0.4, -0.2) is 63.1 Å². The Bertz CT molecular complexity index is 119. The fraction of sp³-hybridized carbons (Fsp3) is 1.00. The van der Waals surface area contributed by atoms with Gasteiger partial charge in [0.2, 0.25) is 0 Å². The van der Waals surface area contributed by atoms with E-state index in [-0.39, 0.29) is 13.2 Å². The van der Waals surface area contributed by atoms with Crippen molar-refractivity contribution in [3.8, 4) is 0 Å². The monoisotopic (exact) mass is 280 g/mol. The zero-order valence-corrected chi connectivity index (χ0v) is 12.6. The van der Waals surface area contributed by atoms with Crippen molar-refractivity contribution in [3.63, 3.8) is 0 Å². The lowest BCUT2D eigenvalue weighted by molar-refractivity contribution is 0.0324. The smallest absolute Gasteiger partial charge is 0.0701 e. The Morgan fingerprint density at radius 3 is 1.32 bits per heavy atom. The van der Waals surface area contributed by atoms with Crippen molar-refractivity contribution in [3.05, 3.63) is 0 Å². The van der Waals surface area contributed by atoms with Crippen molar-refractivity contribution < 1.29 is 24.4 Å². The van der Waals surface area contributed by atoms with E-state index in [0.717, 1.165) is 38.9 Å². The van der Waals surface area contributed by atoms with E-state index in [9.17, 15) is 0 Å². The summed E-state index contributed by atoms with van der Waals surface area (Å²) in [5.74, 6) is 0. The fourth-order valence-electron chi connectivity index (χ4n) is 1.05. The summed E-state index contributed by atoms with van der Waals surface area (Å²) in [6, 6.07) is 0. The molecule has 0 aromatic carbocycles. The van der Waals surface area contributed by atoms with Crippen LogP contribution in [0.3, 0.4) is 0 Å². The molecule has 5 nitrogen and oxygen atoms in total. The molecule has 19 heavy (non-hydrogen) atoms. The third kappa shape index (κ3) is 27.1. The first kappa shape index (κ1) is 21.1. The van der Waals surface area contributed by atoms with Crippen LogP contribution in [0.1, 0.15) is 39.5 Å². The molecule has 0 aromatic heterocycles. The molecule has 0 amide bonds. The number of aliphatic hydroxyl groups excluding tert-OH is 2. The van der Waals surface area contributed by atoms with Crippen molar-refractivity contribution in [2.24, 2.45) is 0 Å². The fourth-order valence-corrected chi connectivity index (χ4v) is 1.05. The van der Waals surface area contributed by atoms with Gasteiger partial charge >= 0.3 is 0 Å². The SMILES string of the molecule is CCCCOCCO.CCCCOCCOCCO. The maximum atomic E-state index is 8.34. The summed E-state index contributed by atoms with van der Waals surface area (Å²) in [4.78, 5) is 0. The van der Waals surface area contributed by atoms with E-state index in [1.165, 1.54) is 0 Å². The summed E-state index contributed by atoms with van der Waals surface area (Å²) in [6.07, 6.45) is 4.53. The molecule has 0 spiro atoms. The summed E-state index contributed by atoms with van der Waals surface area (Å²) < 4.78 is 15.2. The van der Waals surface area contributed by atoms with Gasteiger partial charge in [-0.05, 0) is 12.8 Å². The number of hydrogen-bond acceptors (Lipinski definition) is 5. The van der Waals surface area contributed by atoms with E-state index in [4.69, 9.17) is 24.4 Å². The Kier molecular flexibility index (Phi) is 25.5. The summed E-state index contributed by atoms with van der Waals surface area (Å²) in [5, 5.41) is 16.6. The Labute approximate surface area is 117 Å². The number of hydrogen-bond donors (Lipinski definition) is 2. The molecule has 118 valence electrons. The van der Waals surface area contributed by atoms with Gasteiger partial charge in [0.25, 0.3) is 0 Å². The molecule has 0 bridgehead atoms. The topological polar surface area (TPSA) is 68.2 Å². The molecule has 0 aliphatic heterocycles. The molecule has 0 atom stereocenters. The first-order valence-corrected chi connectivity index (χ1v) is 7.28. The van der Waals surface area contributed by atoms with Crippen LogP contribution in [0.5, 0.6) is 0 Å². The van der Waals surface area contributed by atoms with Crippen LogP contribution in [0.25, 0.3) is 0 Å². The first-order chi connectivity index (χ1) is 9.33. The largest absolute Gasteiger partial charge is 0.394 e. The second-order valence-corrected chi connectivity index (χ2v) is 3.99. The minimum Gasteiger partial charge on any atom is -0.394 e. The molecular weight excluding hydrogens is 248 g/mol. The minimum absolute atomic E-state index is 0.0922. The van der Waals surface area contributed by atoms with Gasteiger partial charge in [-0.15, -0.1) is 0 Å². The van der Waals surface area contributed by atoms with Gasteiger partial charge in [0, 0.05) is 13.2 Å². The summed E-state index contributed by atoms with van der Waals surface area (Å²) in [7, 11) is 0. The Morgan fingerprint density at radius 1 is 0.579 bits per heavy atom. The third-order valence-corrected chi connectivity index (χ3v) is 2.13. The summed E-state index contributed by atoms with van der Waals surface area (Å²) >= 11 is 0. The van der Waals surface area contributed by atoms with Gasteiger partial charge in [-0.25, -0.2) is 0 Å². The predicted molar refractivity (Wildman–Crippen MR) is 76.4 cm³/mol. The van der Waals surface area contributed by atoms with Crippen molar-refractivity contribution in [2.45, 2.75) is 39.5 Å². The summed E-state index contributed by atoms with van der Waals surface area (Å²) in [6.45, 7) is 8.21. The number of aliphatic hydroxyl groups is 2. The van der Waals surface area contributed by atoms with Gasteiger partial charge < -0.3 is 24.4 Å². The molecule has 0 aromatic rings. The quantitative estimate of drug-likeness (QED) is 0.502. The molecule has 0 unspecified atom stereocenters. The molecule has 0 rings (SSSR count). The highest BCUT2D eigenvalue weighted by Gasteiger charge is 1.87. The van der Waals surface area contributed by atoms with E-state index < -0.39 is 0 Å². The molecule has 0 heterocycles. The second kappa shape index (κ2) is 22.9. The van der Waals surface area contributed by atoms with Gasteiger partial charge in [0.15, 0.2) is 0 Å². The standard InChI is InChI=1S/C8H18O3.C6H14O2/c1-2-3-5-10-7-8-11-6-4-9;1-2-3-5-8-6-4-7/h9H,2-8H2,1H3;7H,2-6H2,1H3. The lowest BCUT2D eigenvalue weighted by Gasteiger charge is -2.02. The molecule has 0 saturated carbocycles. The molecular formula is C14H32O5. The Hall–Kier alpha value is -0.200. The average Bonchev–Trinajstić information content (AvgIpc) is 2.44.